The molecule has 0 unspecified atom stereocenters. The first kappa shape index (κ1) is 10.6. The molecule has 76 valence electrons. The zero-order valence-electron chi connectivity index (χ0n) is 7.49. The minimum atomic E-state index is -0.551. The maximum atomic E-state index is 10.5. The van der Waals surface area contributed by atoms with Gasteiger partial charge in [0.15, 0.2) is 0 Å². The van der Waals surface area contributed by atoms with Crippen molar-refractivity contribution >= 4 is 23.0 Å². The van der Waals surface area contributed by atoms with Crippen LogP contribution in [0.4, 0.5) is 11.4 Å². The van der Waals surface area contributed by atoms with Gasteiger partial charge < -0.3 is 10.5 Å². The van der Waals surface area contributed by atoms with Crippen molar-refractivity contribution < 1.29 is 9.66 Å². The highest BCUT2D eigenvalue weighted by Gasteiger charge is 2.17. The lowest BCUT2D eigenvalue weighted by molar-refractivity contribution is -0.383. The third kappa shape index (κ3) is 1.72. The van der Waals surface area contributed by atoms with Gasteiger partial charge in [0, 0.05) is 11.6 Å². The standard InChI is InChI=1S/C8H9ClN2O3/c1-14-7-3-2-6(11(12)13)8(10)5(7)4-9/h2-3H,4,10H2,1H3. The van der Waals surface area contributed by atoms with E-state index in [0.29, 0.717) is 11.3 Å². The van der Waals surface area contributed by atoms with E-state index in [1.807, 2.05) is 0 Å². The van der Waals surface area contributed by atoms with Crippen LogP contribution in [0.1, 0.15) is 5.56 Å². The summed E-state index contributed by atoms with van der Waals surface area (Å²) in [5, 5.41) is 10.5. The van der Waals surface area contributed by atoms with Crippen molar-refractivity contribution in [3.63, 3.8) is 0 Å². The molecule has 0 aliphatic rings. The lowest BCUT2D eigenvalue weighted by Gasteiger charge is -2.08. The third-order valence-electron chi connectivity index (χ3n) is 1.84. The summed E-state index contributed by atoms with van der Waals surface area (Å²) in [4.78, 5) is 9.98. The Kier molecular flexibility index (Phi) is 3.14. The van der Waals surface area contributed by atoms with Crippen LogP contribution in [0.25, 0.3) is 0 Å². The minimum Gasteiger partial charge on any atom is -0.496 e. The quantitative estimate of drug-likeness (QED) is 0.362. The first-order valence-corrected chi connectivity index (χ1v) is 4.31. The number of rotatable bonds is 3. The number of nitro benzene ring substituents is 1. The number of benzene rings is 1. The van der Waals surface area contributed by atoms with Crippen molar-refractivity contribution in [2.24, 2.45) is 0 Å². The van der Waals surface area contributed by atoms with Crippen LogP contribution in [0.5, 0.6) is 5.75 Å². The molecular weight excluding hydrogens is 208 g/mol. The molecule has 0 aliphatic carbocycles. The van der Waals surface area contributed by atoms with Crippen molar-refractivity contribution in [1.82, 2.24) is 0 Å². The second-order valence-corrected chi connectivity index (χ2v) is 2.84. The number of halogens is 1. The molecule has 0 heterocycles. The molecule has 0 saturated heterocycles. The Labute approximate surface area is 85.6 Å². The first-order valence-electron chi connectivity index (χ1n) is 3.77. The molecular formula is C8H9ClN2O3. The largest absolute Gasteiger partial charge is 0.496 e. The molecule has 5 nitrogen and oxygen atoms in total. The molecule has 0 aromatic heterocycles. The van der Waals surface area contributed by atoms with E-state index in [0.717, 1.165) is 0 Å². The van der Waals surface area contributed by atoms with Crippen molar-refractivity contribution in [3.05, 3.63) is 27.8 Å². The van der Waals surface area contributed by atoms with Gasteiger partial charge in [-0.25, -0.2) is 0 Å². The van der Waals surface area contributed by atoms with Gasteiger partial charge in [0.05, 0.1) is 17.9 Å². The first-order chi connectivity index (χ1) is 6.61. The second kappa shape index (κ2) is 4.15. The van der Waals surface area contributed by atoms with Crippen LogP contribution in [-0.2, 0) is 5.88 Å². The molecule has 0 spiro atoms. The topological polar surface area (TPSA) is 78.4 Å². The molecule has 1 aromatic carbocycles. The minimum absolute atomic E-state index is 0.0596. The lowest BCUT2D eigenvalue weighted by atomic mass is 10.1. The van der Waals surface area contributed by atoms with E-state index in [-0.39, 0.29) is 17.3 Å². The monoisotopic (exact) mass is 216 g/mol. The van der Waals surface area contributed by atoms with Gasteiger partial charge in [-0.2, -0.15) is 0 Å². The number of alkyl halides is 1. The summed E-state index contributed by atoms with van der Waals surface area (Å²) < 4.78 is 4.96. The second-order valence-electron chi connectivity index (χ2n) is 2.57. The number of hydrogen-bond acceptors (Lipinski definition) is 4. The Morgan fingerprint density at radius 1 is 1.64 bits per heavy atom. The van der Waals surface area contributed by atoms with E-state index in [4.69, 9.17) is 22.1 Å². The summed E-state index contributed by atoms with van der Waals surface area (Å²) in [5.41, 5.74) is 5.92. The fourth-order valence-electron chi connectivity index (χ4n) is 1.12. The normalized spacial score (nSPS) is 9.86. The van der Waals surface area contributed by atoms with Crippen LogP contribution in [-0.4, -0.2) is 12.0 Å². The lowest BCUT2D eigenvalue weighted by Crippen LogP contribution is -2.01. The average molecular weight is 217 g/mol. The number of hydrogen-bond donors (Lipinski definition) is 1. The van der Waals surface area contributed by atoms with Gasteiger partial charge in [0.2, 0.25) is 0 Å². The van der Waals surface area contributed by atoms with E-state index in [1.54, 1.807) is 0 Å². The Hall–Kier alpha value is -1.49. The molecule has 0 aliphatic heterocycles. The number of ether oxygens (including phenoxy) is 1. The van der Waals surface area contributed by atoms with Crippen LogP contribution < -0.4 is 10.5 Å². The maximum Gasteiger partial charge on any atom is 0.292 e. The number of nitrogen functional groups attached to an aromatic ring is 1. The molecule has 14 heavy (non-hydrogen) atoms. The van der Waals surface area contributed by atoms with Crippen molar-refractivity contribution in [2.75, 3.05) is 12.8 Å². The summed E-state index contributed by atoms with van der Waals surface area (Å²) in [6.07, 6.45) is 0. The summed E-state index contributed by atoms with van der Waals surface area (Å²) in [5.74, 6) is 0.541. The van der Waals surface area contributed by atoms with E-state index in [9.17, 15) is 10.1 Å². The Morgan fingerprint density at radius 3 is 2.71 bits per heavy atom. The Morgan fingerprint density at radius 2 is 2.29 bits per heavy atom. The average Bonchev–Trinajstić information content (AvgIpc) is 2.16. The molecule has 6 heteroatoms. The van der Waals surface area contributed by atoms with Gasteiger partial charge in [-0.05, 0) is 6.07 Å². The Balaban J connectivity index is 3.34. The van der Waals surface area contributed by atoms with E-state index in [2.05, 4.69) is 0 Å². The van der Waals surface area contributed by atoms with E-state index >= 15 is 0 Å². The van der Waals surface area contributed by atoms with Crippen LogP contribution in [0.15, 0.2) is 12.1 Å². The number of nitrogens with zero attached hydrogens (tertiary/aromatic N) is 1. The Bertz CT molecular complexity index is 368. The van der Waals surface area contributed by atoms with Gasteiger partial charge >= 0.3 is 0 Å². The van der Waals surface area contributed by atoms with Crippen molar-refractivity contribution in [2.45, 2.75) is 5.88 Å². The smallest absolute Gasteiger partial charge is 0.292 e. The number of nitro groups is 1. The van der Waals surface area contributed by atoms with Crippen LogP contribution in [0.2, 0.25) is 0 Å². The SMILES string of the molecule is COc1ccc([N+](=O)[O-])c(N)c1CCl. The fourth-order valence-corrected chi connectivity index (χ4v) is 1.40. The predicted molar refractivity (Wildman–Crippen MR) is 53.6 cm³/mol. The van der Waals surface area contributed by atoms with Gasteiger partial charge in [-0.15, -0.1) is 11.6 Å². The van der Waals surface area contributed by atoms with E-state index < -0.39 is 4.92 Å². The number of nitrogens with two attached hydrogens (primary N) is 1. The third-order valence-corrected chi connectivity index (χ3v) is 2.11. The maximum absolute atomic E-state index is 10.5. The highest BCUT2D eigenvalue weighted by molar-refractivity contribution is 6.17. The van der Waals surface area contributed by atoms with Crippen LogP contribution in [0, 0.1) is 10.1 Å². The van der Waals surface area contributed by atoms with Gasteiger partial charge in [0.25, 0.3) is 5.69 Å². The predicted octanol–water partition coefficient (Wildman–Crippen LogP) is 1.92. The molecule has 0 fully saturated rings. The molecule has 0 bridgehead atoms. The molecule has 2 N–H and O–H groups in total. The number of methoxy groups -OCH3 is 1. The number of anilines is 1. The van der Waals surface area contributed by atoms with Gasteiger partial charge in [-0.1, -0.05) is 0 Å². The highest BCUT2D eigenvalue weighted by Crippen LogP contribution is 2.33. The molecule has 0 amide bonds. The molecule has 0 saturated carbocycles. The molecule has 1 rings (SSSR count). The highest BCUT2D eigenvalue weighted by atomic mass is 35.5. The summed E-state index contributed by atoms with van der Waals surface area (Å²) in [6, 6.07) is 2.77. The van der Waals surface area contributed by atoms with Crippen molar-refractivity contribution in [1.29, 1.82) is 0 Å². The zero-order valence-corrected chi connectivity index (χ0v) is 8.25. The van der Waals surface area contributed by atoms with Gasteiger partial charge in [0.1, 0.15) is 11.4 Å². The molecule has 0 radical (unpaired) electrons. The van der Waals surface area contributed by atoms with Crippen LogP contribution in [0.3, 0.4) is 0 Å². The van der Waals surface area contributed by atoms with Crippen LogP contribution >= 0.6 is 11.6 Å². The van der Waals surface area contributed by atoms with E-state index in [1.165, 1.54) is 19.2 Å². The van der Waals surface area contributed by atoms with Gasteiger partial charge in [-0.3, -0.25) is 10.1 Å². The fraction of sp³-hybridized carbons (Fsp3) is 0.250. The molecule has 1 aromatic rings. The van der Waals surface area contributed by atoms with Crippen molar-refractivity contribution in [3.8, 4) is 5.75 Å². The zero-order chi connectivity index (χ0) is 10.7. The molecule has 0 atom stereocenters. The summed E-state index contributed by atoms with van der Waals surface area (Å²) >= 11 is 5.61. The summed E-state index contributed by atoms with van der Waals surface area (Å²) in [6.45, 7) is 0. The summed E-state index contributed by atoms with van der Waals surface area (Å²) in [7, 11) is 1.46.